The number of aromatic nitrogens is 1. The Labute approximate surface area is 103 Å². The fourth-order valence-electron chi connectivity index (χ4n) is 1.53. The third-order valence-electron chi connectivity index (χ3n) is 2.58. The minimum absolute atomic E-state index is 0.0773. The number of nitrogens with zero attached hydrogens (tertiary/aromatic N) is 1. The lowest BCUT2D eigenvalue weighted by Crippen LogP contribution is -2.35. The summed E-state index contributed by atoms with van der Waals surface area (Å²) in [5.74, 6) is 0.0773. The van der Waals surface area contributed by atoms with Crippen molar-refractivity contribution >= 4 is 5.91 Å². The second-order valence-corrected chi connectivity index (χ2v) is 5.22. The maximum Gasteiger partial charge on any atom is 0.221 e. The predicted molar refractivity (Wildman–Crippen MR) is 69.7 cm³/mol. The summed E-state index contributed by atoms with van der Waals surface area (Å²) in [6, 6.07) is 4.10. The molecule has 0 radical (unpaired) electrons. The van der Waals surface area contributed by atoms with Gasteiger partial charge in [0.2, 0.25) is 5.91 Å². The van der Waals surface area contributed by atoms with Crippen LogP contribution in [0.1, 0.15) is 32.9 Å². The molecule has 2 N–H and O–H groups in total. The summed E-state index contributed by atoms with van der Waals surface area (Å²) in [5.41, 5.74) is 1.32. The van der Waals surface area contributed by atoms with Crippen molar-refractivity contribution in [1.29, 1.82) is 0 Å². The van der Waals surface area contributed by atoms with E-state index in [1.807, 2.05) is 12.3 Å². The number of carbonyl (C=O) groups is 1. The van der Waals surface area contributed by atoms with E-state index in [-0.39, 0.29) is 11.4 Å². The molecule has 96 valence electrons. The topological polar surface area (TPSA) is 46.1 Å². The second-order valence-electron chi connectivity index (χ2n) is 5.22. The van der Waals surface area contributed by atoms with E-state index in [1.165, 1.54) is 5.69 Å². The predicted octanol–water partition coefficient (Wildman–Crippen LogP) is 1.51. The number of hydrogen-bond donors (Lipinski definition) is 2. The van der Waals surface area contributed by atoms with Gasteiger partial charge < -0.3 is 15.2 Å². The Hall–Kier alpha value is -1.29. The normalized spacial score (nSPS) is 11.5. The van der Waals surface area contributed by atoms with Gasteiger partial charge in [-0.2, -0.15) is 0 Å². The molecule has 0 aliphatic rings. The van der Waals surface area contributed by atoms with Gasteiger partial charge in [-0.1, -0.05) is 0 Å². The molecule has 0 aliphatic carbocycles. The van der Waals surface area contributed by atoms with Crippen molar-refractivity contribution in [2.24, 2.45) is 0 Å². The van der Waals surface area contributed by atoms with Gasteiger partial charge in [0.1, 0.15) is 0 Å². The molecule has 0 fully saturated rings. The zero-order valence-electron chi connectivity index (χ0n) is 11.2. The van der Waals surface area contributed by atoms with E-state index in [1.54, 1.807) is 7.05 Å². The molecular formula is C13H23N3O. The van der Waals surface area contributed by atoms with Crippen LogP contribution >= 0.6 is 0 Å². The lowest BCUT2D eigenvalue weighted by Gasteiger charge is -2.21. The van der Waals surface area contributed by atoms with Crippen LogP contribution in [0.15, 0.2) is 18.3 Å². The molecule has 0 aromatic carbocycles. The van der Waals surface area contributed by atoms with E-state index in [2.05, 4.69) is 42.0 Å². The van der Waals surface area contributed by atoms with E-state index < -0.39 is 0 Å². The van der Waals surface area contributed by atoms with Crippen molar-refractivity contribution < 1.29 is 4.79 Å². The number of amides is 1. The van der Waals surface area contributed by atoms with Crippen molar-refractivity contribution in [3.8, 4) is 0 Å². The van der Waals surface area contributed by atoms with Gasteiger partial charge in [-0.05, 0) is 32.9 Å². The zero-order valence-corrected chi connectivity index (χ0v) is 11.2. The summed E-state index contributed by atoms with van der Waals surface area (Å²) in [5, 5.41) is 6.08. The third kappa shape index (κ3) is 5.04. The first kappa shape index (κ1) is 13.8. The first-order chi connectivity index (χ1) is 7.92. The molecule has 1 amide bonds. The van der Waals surface area contributed by atoms with Gasteiger partial charge in [0.15, 0.2) is 0 Å². The van der Waals surface area contributed by atoms with Crippen LogP contribution in [0.5, 0.6) is 0 Å². The van der Waals surface area contributed by atoms with Crippen molar-refractivity contribution in [3.05, 3.63) is 24.0 Å². The van der Waals surface area contributed by atoms with Crippen LogP contribution in [0.2, 0.25) is 0 Å². The minimum atomic E-state index is 0.0773. The van der Waals surface area contributed by atoms with Gasteiger partial charge in [0, 0.05) is 44.0 Å². The number of rotatable bonds is 5. The Morgan fingerprint density at radius 1 is 1.41 bits per heavy atom. The summed E-state index contributed by atoms with van der Waals surface area (Å²) < 4.78 is 2.12. The van der Waals surface area contributed by atoms with E-state index in [0.717, 1.165) is 13.1 Å². The molecule has 1 heterocycles. The first-order valence-electron chi connectivity index (χ1n) is 6.02. The number of hydrogen-bond acceptors (Lipinski definition) is 2. The average molecular weight is 237 g/mol. The van der Waals surface area contributed by atoms with Crippen LogP contribution < -0.4 is 10.6 Å². The average Bonchev–Trinajstić information content (AvgIpc) is 2.69. The van der Waals surface area contributed by atoms with E-state index >= 15 is 0 Å². The molecule has 0 saturated carbocycles. The number of nitrogens with one attached hydrogen (secondary N) is 2. The lowest BCUT2D eigenvalue weighted by molar-refractivity contribution is -0.120. The zero-order chi connectivity index (χ0) is 12.9. The SMILES string of the molecule is CNC(=O)CCn1cccc1CNC(C)(C)C. The molecule has 0 aliphatic heterocycles. The Bertz CT molecular complexity index is 363. The lowest BCUT2D eigenvalue weighted by atomic mass is 10.1. The van der Waals surface area contributed by atoms with Gasteiger partial charge in [-0.15, -0.1) is 0 Å². The van der Waals surface area contributed by atoms with E-state index in [0.29, 0.717) is 6.42 Å². The second kappa shape index (κ2) is 5.87. The molecule has 0 bridgehead atoms. The molecule has 0 saturated heterocycles. The summed E-state index contributed by atoms with van der Waals surface area (Å²) in [4.78, 5) is 11.2. The highest BCUT2D eigenvalue weighted by molar-refractivity contribution is 5.75. The summed E-state index contributed by atoms with van der Waals surface area (Å²) in [7, 11) is 1.67. The fraction of sp³-hybridized carbons (Fsp3) is 0.615. The number of carbonyl (C=O) groups excluding carboxylic acids is 1. The molecule has 17 heavy (non-hydrogen) atoms. The van der Waals surface area contributed by atoms with Gasteiger partial charge in [0.05, 0.1) is 0 Å². The summed E-state index contributed by atoms with van der Waals surface area (Å²) in [6.07, 6.45) is 2.54. The van der Waals surface area contributed by atoms with Crippen LogP contribution in [0.25, 0.3) is 0 Å². The highest BCUT2D eigenvalue weighted by Gasteiger charge is 2.10. The van der Waals surface area contributed by atoms with Crippen LogP contribution in [0, 0.1) is 0 Å². The summed E-state index contributed by atoms with van der Waals surface area (Å²) in [6.45, 7) is 7.98. The molecule has 4 heteroatoms. The Morgan fingerprint density at radius 3 is 2.71 bits per heavy atom. The standard InChI is InChI=1S/C13H23N3O/c1-13(2,3)15-10-11-6-5-8-16(11)9-7-12(17)14-4/h5-6,8,15H,7,9-10H2,1-4H3,(H,14,17). The van der Waals surface area contributed by atoms with Crippen molar-refractivity contribution in [1.82, 2.24) is 15.2 Å². The quantitative estimate of drug-likeness (QED) is 0.815. The highest BCUT2D eigenvalue weighted by atomic mass is 16.1. The smallest absolute Gasteiger partial charge is 0.221 e. The Balaban J connectivity index is 2.51. The van der Waals surface area contributed by atoms with Crippen LogP contribution in [-0.2, 0) is 17.9 Å². The van der Waals surface area contributed by atoms with E-state index in [4.69, 9.17) is 0 Å². The Kier molecular flexibility index (Phi) is 4.75. The van der Waals surface area contributed by atoms with Crippen molar-refractivity contribution in [2.75, 3.05) is 7.05 Å². The fourth-order valence-corrected chi connectivity index (χ4v) is 1.53. The number of aryl methyl sites for hydroxylation is 1. The van der Waals surface area contributed by atoms with Gasteiger partial charge >= 0.3 is 0 Å². The maximum atomic E-state index is 11.2. The van der Waals surface area contributed by atoms with Gasteiger partial charge in [-0.25, -0.2) is 0 Å². The first-order valence-corrected chi connectivity index (χ1v) is 6.02. The van der Waals surface area contributed by atoms with Crippen LogP contribution in [-0.4, -0.2) is 23.1 Å². The molecule has 1 rings (SSSR count). The largest absolute Gasteiger partial charge is 0.359 e. The molecular weight excluding hydrogens is 214 g/mol. The minimum Gasteiger partial charge on any atom is -0.359 e. The van der Waals surface area contributed by atoms with Gasteiger partial charge in [-0.3, -0.25) is 4.79 Å². The van der Waals surface area contributed by atoms with Crippen molar-refractivity contribution in [3.63, 3.8) is 0 Å². The van der Waals surface area contributed by atoms with Crippen LogP contribution in [0.4, 0.5) is 0 Å². The molecule has 1 aromatic heterocycles. The van der Waals surface area contributed by atoms with E-state index in [9.17, 15) is 4.79 Å². The molecule has 0 spiro atoms. The third-order valence-corrected chi connectivity index (χ3v) is 2.58. The Morgan fingerprint density at radius 2 is 2.12 bits per heavy atom. The van der Waals surface area contributed by atoms with Crippen molar-refractivity contribution in [2.45, 2.75) is 45.8 Å². The maximum absolute atomic E-state index is 11.2. The summed E-state index contributed by atoms with van der Waals surface area (Å²) >= 11 is 0. The van der Waals surface area contributed by atoms with Gasteiger partial charge in [0.25, 0.3) is 0 Å². The molecule has 0 atom stereocenters. The monoisotopic (exact) mass is 237 g/mol. The highest BCUT2D eigenvalue weighted by Crippen LogP contribution is 2.06. The molecule has 4 nitrogen and oxygen atoms in total. The molecule has 1 aromatic rings. The molecule has 0 unspecified atom stereocenters. The van der Waals surface area contributed by atoms with Crippen LogP contribution in [0.3, 0.4) is 0 Å².